The molecule has 1 aromatic heterocycles. The number of carbonyl (C=O) groups is 1. The maximum absolute atomic E-state index is 11.5. The third kappa shape index (κ3) is 2.94. The first-order chi connectivity index (χ1) is 9.02. The lowest BCUT2D eigenvalue weighted by Crippen LogP contribution is -2.06. The average Bonchev–Trinajstić information content (AvgIpc) is 2.40. The van der Waals surface area contributed by atoms with Gasteiger partial charge in [-0.1, -0.05) is 23.8 Å². The summed E-state index contributed by atoms with van der Waals surface area (Å²) < 4.78 is 5.49. The van der Waals surface area contributed by atoms with Crippen LogP contribution in [0.1, 0.15) is 21.6 Å². The predicted molar refractivity (Wildman–Crippen MR) is 83.2 cm³/mol. The molecular weight excluding hydrogens is 353 g/mol. The third-order valence-corrected chi connectivity index (χ3v) is 3.75. The molecule has 0 saturated carbocycles. The molecule has 1 aromatic carbocycles. The topological polar surface area (TPSA) is 39.2 Å². The van der Waals surface area contributed by atoms with E-state index in [0.717, 1.165) is 14.7 Å². The van der Waals surface area contributed by atoms with Gasteiger partial charge in [0.25, 0.3) is 0 Å². The molecule has 1 heterocycles. The van der Waals surface area contributed by atoms with E-state index in [1.54, 1.807) is 6.20 Å². The van der Waals surface area contributed by atoms with Crippen molar-refractivity contribution in [3.63, 3.8) is 0 Å². The normalized spacial score (nSPS) is 10.3. The van der Waals surface area contributed by atoms with Crippen molar-refractivity contribution in [3.8, 4) is 11.1 Å². The number of carbonyl (C=O) groups excluding carboxylic acids is 1. The fourth-order valence-corrected chi connectivity index (χ4v) is 2.57. The number of methoxy groups -OCH3 is 1. The summed E-state index contributed by atoms with van der Waals surface area (Å²) in [5.74, 6) is -0.406. The van der Waals surface area contributed by atoms with Crippen molar-refractivity contribution in [1.29, 1.82) is 0 Å². The minimum atomic E-state index is -0.406. The first-order valence-corrected chi connectivity index (χ1v) is 6.92. The van der Waals surface area contributed by atoms with E-state index >= 15 is 0 Å². The van der Waals surface area contributed by atoms with Crippen LogP contribution < -0.4 is 0 Å². The summed E-state index contributed by atoms with van der Waals surface area (Å²) in [5.41, 5.74) is 4.90. The zero-order valence-corrected chi connectivity index (χ0v) is 13.2. The van der Waals surface area contributed by atoms with Crippen LogP contribution in [0.4, 0.5) is 0 Å². The number of aromatic nitrogens is 1. The molecule has 0 aliphatic rings. The average molecular weight is 367 g/mol. The number of pyridine rings is 1. The molecule has 0 fully saturated rings. The van der Waals surface area contributed by atoms with Crippen LogP contribution in [-0.2, 0) is 4.74 Å². The summed E-state index contributed by atoms with van der Waals surface area (Å²) in [6.07, 6.45) is 1.72. The number of hydrogen-bond donors (Lipinski definition) is 0. The van der Waals surface area contributed by atoms with E-state index in [0.29, 0.717) is 5.69 Å². The van der Waals surface area contributed by atoms with Crippen LogP contribution in [0.3, 0.4) is 0 Å². The number of hydrogen-bond acceptors (Lipinski definition) is 3. The second kappa shape index (κ2) is 5.69. The summed E-state index contributed by atoms with van der Waals surface area (Å²) in [4.78, 5) is 15.7. The number of esters is 1. The molecule has 19 heavy (non-hydrogen) atoms. The molecule has 0 spiro atoms. The largest absolute Gasteiger partial charge is 0.464 e. The van der Waals surface area contributed by atoms with Gasteiger partial charge < -0.3 is 4.74 Å². The van der Waals surface area contributed by atoms with Crippen LogP contribution in [-0.4, -0.2) is 18.1 Å². The quantitative estimate of drug-likeness (QED) is 0.600. The monoisotopic (exact) mass is 367 g/mol. The van der Waals surface area contributed by atoms with Crippen molar-refractivity contribution >= 4 is 28.6 Å². The fraction of sp³-hybridized carbons (Fsp3) is 0.200. The molecule has 0 N–H and O–H groups in total. The highest BCUT2D eigenvalue weighted by Gasteiger charge is 2.13. The summed E-state index contributed by atoms with van der Waals surface area (Å²) in [7, 11) is 1.36. The van der Waals surface area contributed by atoms with Gasteiger partial charge in [-0.15, -0.1) is 0 Å². The van der Waals surface area contributed by atoms with Gasteiger partial charge in [-0.25, -0.2) is 9.78 Å². The molecule has 0 aliphatic carbocycles. The number of ether oxygens (including phenoxy) is 1. The maximum atomic E-state index is 11.5. The highest BCUT2D eigenvalue weighted by Crippen LogP contribution is 2.26. The van der Waals surface area contributed by atoms with Gasteiger partial charge in [-0.2, -0.15) is 0 Å². The highest BCUT2D eigenvalue weighted by atomic mass is 127. The molecule has 0 saturated heterocycles. The first-order valence-electron chi connectivity index (χ1n) is 5.84. The summed E-state index contributed by atoms with van der Waals surface area (Å²) in [6.45, 7) is 4.13. The van der Waals surface area contributed by atoms with Crippen LogP contribution in [0.25, 0.3) is 11.1 Å². The van der Waals surface area contributed by atoms with Crippen molar-refractivity contribution < 1.29 is 9.53 Å². The van der Waals surface area contributed by atoms with E-state index in [2.05, 4.69) is 59.6 Å². The first kappa shape index (κ1) is 14.0. The predicted octanol–water partition coefficient (Wildman–Crippen LogP) is 3.76. The molecule has 98 valence electrons. The molecule has 0 atom stereocenters. The van der Waals surface area contributed by atoms with Gasteiger partial charge >= 0.3 is 5.97 Å². The van der Waals surface area contributed by atoms with Gasteiger partial charge in [0.15, 0.2) is 5.69 Å². The van der Waals surface area contributed by atoms with Crippen LogP contribution >= 0.6 is 22.6 Å². The Morgan fingerprint density at radius 1 is 1.26 bits per heavy atom. The lowest BCUT2D eigenvalue weighted by molar-refractivity contribution is 0.0593. The molecule has 0 aliphatic heterocycles. The van der Waals surface area contributed by atoms with E-state index in [1.165, 1.54) is 18.2 Å². The molecule has 0 radical (unpaired) electrons. The van der Waals surface area contributed by atoms with Crippen LogP contribution in [0.15, 0.2) is 30.5 Å². The zero-order valence-electron chi connectivity index (χ0n) is 11.0. The van der Waals surface area contributed by atoms with Gasteiger partial charge in [0.1, 0.15) is 0 Å². The second-order valence-corrected chi connectivity index (χ2v) is 5.53. The molecular formula is C15H14INO2. The van der Waals surface area contributed by atoms with E-state index in [-0.39, 0.29) is 0 Å². The lowest BCUT2D eigenvalue weighted by Gasteiger charge is -2.09. The Bertz CT molecular complexity index is 638. The van der Waals surface area contributed by atoms with Crippen LogP contribution in [0.2, 0.25) is 0 Å². The summed E-state index contributed by atoms with van der Waals surface area (Å²) in [5, 5.41) is 0. The highest BCUT2D eigenvalue weighted by molar-refractivity contribution is 14.1. The van der Waals surface area contributed by atoms with E-state index < -0.39 is 5.97 Å². The maximum Gasteiger partial charge on any atom is 0.357 e. The van der Waals surface area contributed by atoms with Crippen molar-refractivity contribution in [2.45, 2.75) is 13.8 Å². The molecule has 0 bridgehead atoms. The minimum Gasteiger partial charge on any atom is -0.464 e. The van der Waals surface area contributed by atoms with E-state index in [9.17, 15) is 4.79 Å². The fourth-order valence-electron chi connectivity index (χ4n) is 1.88. The van der Waals surface area contributed by atoms with E-state index in [1.807, 2.05) is 6.07 Å². The Labute approximate surface area is 126 Å². The number of halogens is 1. The van der Waals surface area contributed by atoms with Crippen LogP contribution in [0, 0.1) is 17.4 Å². The summed E-state index contributed by atoms with van der Waals surface area (Å²) in [6, 6.07) is 8.26. The molecule has 2 aromatic rings. The number of benzene rings is 1. The zero-order chi connectivity index (χ0) is 14.0. The SMILES string of the molecule is COC(=O)c1ncc(-c2cc(C)ccc2C)cc1I. The van der Waals surface area contributed by atoms with Gasteiger partial charge in [0.05, 0.1) is 7.11 Å². The standard InChI is InChI=1S/C15H14INO2/c1-9-4-5-10(2)12(6-9)11-7-13(16)14(17-8-11)15(18)19-3/h4-8H,1-3H3. The Hall–Kier alpha value is -1.43. The molecule has 0 amide bonds. The Morgan fingerprint density at radius 3 is 2.63 bits per heavy atom. The van der Waals surface area contributed by atoms with Gasteiger partial charge in [-0.3, -0.25) is 0 Å². The molecule has 4 heteroatoms. The summed E-state index contributed by atoms with van der Waals surface area (Å²) >= 11 is 2.11. The van der Waals surface area contributed by atoms with Crippen molar-refractivity contribution in [2.75, 3.05) is 7.11 Å². The molecule has 2 rings (SSSR count). The Balaban J connectivity index is 2.50. The third-order valence-electron chi connectivity index (χ3n) is 2.92. The Morgan fingerprint density at radius 2 is 2.00 bits per heavy atom. The van der Waals surface area contributed by atoms with Gasteiger partial charge in [0.2, 0.25) is 0 Å². The van der Waals surface area contributed by atoms with Crippen molar-refractivity contribution in [3.05, 3.63) is 50.9 Å². The molecule has 0 unspecified atom stereocenters. The van der Waals surface area contributed by atoms with Crippen molar-refractivity contribution in [2.24, 2.45) is 0 Å². The van der Waals surface area contributed by atoms with Crippen molar-refractivity contribution in [1.82, 2.24) is 4.98 Å². The minimum absolute atomic E-state index is 0.358. The number of rotatable bonds is 2. The lowest BCUT2D eigenvalue weighted by atomic mass is 10.00. The van der Waals surface area contributed by atoms with E-state index in [4.69, 9.17) is 4.74 Å². The van der Waals surface area contributed by atoms with Crippen LogP contribution in [0.5, 0.6) is 0 Å². The van der Waals surface area contributed by atoms with Gasteiger partial charge in [-0.05, 0) is 53.6 Å². The number of nitrogens with zero attached hydrogens (tertiary/aromatic N) is 1. The smallest absolute Gasteiger partial charge is 0.357 e. The second-order valence-electron chi connectivity index (χ2n) is 4.36. The molecule has 3 nitrogen and oxygen atoms in total. The van der Waals surface area contributed by atoms with Gasteiger partial charge in [0, 0.05) is 15.3 Å². The number of aryl methyl sites for hydroxylation is 2. The Kier molecular flexibility index (Phi) is 4.19.